The third kappa shape index (κ3) is 4.35. The summed E-state index contributed by atoms with van der Waals surface area (Å²) in [5.74, 6) is -2.00. The lowest BCUT2D eigenvalue weighted by Crippen LogP contribution is -2.35. The van der Waals surface area contributed by atoms with Crippen LogP contribution in [0.4, 0.5) is 5.82 Å². The van der Waals surface area contributed by atoms with E-state index in [1.807, 2.05) is 6.92 Å². The van der Waals surface area contributed by atoms with Crippen LogP contribution in [0.1, 0.15) is 5.56 Å². The smallest absolute Gasteiger partial charge is 0.248 e. The van der Waals surface area contributed by atoms with Crippen molar-refractivity contribution in [1.29, 1.82) is 10.7 Å². The zero-order chi connectivity index (χ0) is 14.6. The van der Waals surface area contributed by atoms with Gasteiger partial charge in [0.2, 0.25) is 9.70 Å². The van der Waals surface area contributed by atoms with E-state index in [4.69, 9.17) is 45.5 Å². The van der Waals surface area contributed by atoms with Crippen molar-refractivity contribution in [3.05, 3.63) is 23.9 Å². The molecule has 0 spiro atoms. The lowest BCUT2D eigenvalue weighted by atomic mass is 10.1. The zero-order valence-corrected chi connectivity index (χ0v) is 12.0. The van der Waals surface area contributed by atoms with Gasteiger partial charge in [-0.1, -0.05) is 40.9 Å². The van der Waals surface area contributed by atoms with Crippen molar-refractivity contribution in [3.63, 3.8) is 0 Å². The lowest BCUT2D eigenvalue weighted by Gasteiger charge is -2.16. The molecule has 0 saturated carbocycles. The molecule has 0 radical (unpaired) electrons. The Morgan fingerprint density at radius 1 is 1.53 bits per heavy atom. The highest BCUT2D eigenvalue weighted by Crippen LogP contribution is 2.30. The number of amides is 1. The van der Waals surface area contributed by atoms with Gasteiger partial charge in [-0.15, -0.1) is 0 Å². The van der Waals surface area contributed by atoms with Crippen LogP contribution in [0.2, 0.25) is 0 Å². The van der Waals surface area contributed by atoms with E-state index in [1.165, 1.54) is 0 Å². The predicted molar refractivity (Wildman–Crippen MR) is 74.7 cm³/mol. The summed E-state index contributed by atoms with van der Waals surface area (Å²) in [5, 5.41) is 18.8. The number of carbonyl (C=O) groups is 1. The molecule has 1 unspecified atom stereocenters. The van der Waals surface area contributed by atoms with Gasteiger partial charge >= 0.3 is 0 Å². The Hall–Kier alpha value is -1.35. The number of pyridine rings is 1. The minimum atomic E-state index is -2.10. The van der Waals surface area contributed by atoms with Crippen molar-refractivity contribution in [2.24, 2.45) is 5.92 Å². The molecule has 0 bridgehead atoms. The van der Waals surface area contributed by atoms with Crippen molar-refractivity contribution in [3.8, 4) is 6.07 Å². The molecule has 1 atom stereocenters. The first-order valence-electron chi connectivity index (χ1n) is 5.04. The topological polar surface area (TPSA) is 89.6 Å². The van der Waals surface area contributed by atoms with Crippen molar-refractivity contribution < 1.29 is 4.79 Å². The quantitative estimate of drug-likeness (QED) is 0.663. The number of alkyl halides is 3. The average molecular weight is 320 g/mol. The van der Waals surface area contributed by atoms with E-state index < -0.39 is 21.3 Å². The van der Waals surface area contributed by atoms with Crippen LogP contribution in [0.5, 0.6) is 0 Å². The predicted octanol–water partition coefficient (Wildman–Crippen LogP) is 2.86. The molecule has 1 rings (SSSR count). The molecule has 1 amide bonds. The van der Waals surface area contributed by atoms with E-state index in [1.54, 1.807) is 24.4 Å². The molecule has 19 heavy (non-hydrogen) atoms. The third-order valence-electron chi connectivity index (χ3n) is 2.15. The zero-order valence-electron chi connectivity index (χ0n) is 9.75. The number of anilines is 1. The molecule has 100 valence electrons. The van der Waals surface area contributed by atoms with Gasteiger partial charge in [0.25, 0.3) is 0 Å². The number of rotatable bonds is 3. The van der Waals surface area contributed by atoms with E-state index >= 15 is 0 Å². The van der Waals surface area contributed by atoms with E-state index in [0.717, 1.165) is 5.56 Å². The number of aryl methyl sites for hydroxylation is 1. The summed E-state index contributed by atoms with van der Waals surface area (Å²) in [5.41, 5.74) is 0.313. The summed E-state index contributed by atoms with van der Waals surface area (Å²) in [7, 11) is 0. The molecule has 1 aromatic rings. The maximum Gasteiger partial charge on any atom is 0.248 e. The van der Waals surface area contributed by atoms with Gasteiger partial charge in [0, 0.05) is 6.20 Å². The largest absolute Gasteiger partial charge is 0.309 e. The highest BCUT2D eigenvalue weighted by atomic mass is 35.6. The van der Waals surface area contributed by atoms with Gasteiger partial charge in [0.1, 0.15) is 5.82 Å². The first-order chi connectivity index (χ1) is 8.75. The number of carbonyl (C=O) groups excluding carboxylic acids is 1. The molecule has 0 aliphatic rings. The molecule has 0 saturated heterocycles. The average Bonchev–Trinajstić information content (AvgIpc) is 2.31. The van der Waals surface area contributed by atoms with Crippen LogP contribution in [-0.4, -0.2) is 20.4 Å². The third-order valence-corrected chi connectivity index (χ3v) is 2.76. The Kier molecular flexibility index (Phi) is 5.12. The van der Waals surface area contributed by atoms with Gasteiger partial charge in [0.15, 0.2) is 5.92 Å². The second-order valence-corrected chi connectivity index (χ2v) is 5.96. The van der Waals surface area contributed by atoms with Crippen molar-refractivity contribution in [2.75, 3.05) is 5.32 Å². The maximum atomic E-state index is 11.8. The fourth-order valence-electron chi connectivity index (χ4n) is 1.16. The second-order valence-electron chi connectivity index (χ2n) is 3.68. The molecule has 0 fully saturated rings. The summed E-state index contributed by atoms with van der Waals surface area (Å²) < 4.78 is -2.10. The minimum Gasteiger partial charge on any atom is -0.309 e. The Labute approximate surface area is 125 Å². The van der Waals surface area contributed by atoms with Crippen molar-refractivity contribution >= 4 is 52.2 Å². The first-order valence-corrected chi connectivity index (χ1v) is 6.18. The van der Waals surface area contributed by atoms with E-state index in [-0.39, 0.29) is 5.82 Å². The van der Waals surface area contributed by atoms with Crippen LogP contribution < -0.4 is 5.32 Å². The van der Waals surface area contributed by atoms with Crippen LogP contribution in [-0.2, 0) is 4.79 Å². The summed E-state index contributed by atoms with van der Waals surface area (Å²) in [6, 6.07) is 4.93. The SMILES string of the molecule is Cc1ccc(NC(=O)C(C#N)C(=N)C(Cl)(Cl)Cl)nc1. The van der Waals surface area contributed by atoms with Crippen LogP contribution in [0.25, 0.3) is 0 Å². The fourth-order valence-corrected chi connectivity index (χ4v) is 1.49. The van der Waals surface area contributed by atoms with Crippen LogP contribution >= 0.6 is 34.8 Å². The van der Waals surface area contributed by atoms with E-state index in [0.29, 0.717) is 0 Å². The second kappa shape index (κ2) is 6.20. The Morgan fingerprint density at radius 2 is 2.16 bits per heavy atom. The Morgan fingerprint density at radius 3 is 2.58 bits per heavy atom. The molecule has 5 nitrogen and oxygen atoms in total. The number of halogens is 3. The molecule has 0 aliphatic carbocycles. The number of aromatic nitrogens is 1. The fraction of sp³-hybridized carbons (Fsp3) is 0.273. The van der Waals surface area contributed by atoms with Gasteiger partial charge in [-0.3, -0.25) is 4.79 Å². The van der Waals surface area contributed by atoms with Gasteiger partial charge < -0.3 is 10.7 Å². The van der Waals surface area contributed by atoms with Gasteiger partial charge in [0.05, 0.1) is 11.8 Å². The van der Waals surface area contributed by atoms with E-state index in [2.05, 4.69) is 10.3 Å². The Balaban J connectivity index is 2.84. The van der Waals surface area contributed by atoms with Crippen LogP contribution in [0, 0.1) is 29.6 Å². The van der Waals surface area contributed by atoms with Crippen molar-refractivity contribution in [2.45, 2.75) is 10.7 Å². The van der Waals surface area contributed by atoms with Crippen LogP contribution in [0.3, 0.4) is 0 Å². The highest BCUT2D eigenvalue weighted by molar-refractivity contribution is 6.77. The molecule has 2 N–H and O–H groups in total. The maximum absolute atomic E-state index is 11.8. The molecule has 0 aliphatic heterocycles. The molecule has 1 aromatic heterocycles. The molecule has 0 aromatic carbocycles. The van der Waals surface area contributed by atoms with Gasteiger partial charge in [-0.25, -0.2) is 4.98 Å². The summed E-state index contributed by atoms with van der Waals surface area (Å²) in [6.45, 7) is 1.84. The molecule has 8 heteroatoms. The van der Waals surface area contributed by atoms with Gasteiger partial charge in [-0.05, 0) is 18.6 Å². The highest BCUT2D eigenvalue weighted by Gasteiger charge is 2.37. The molecular formula is C11H9Cl3N4O. The van der Waals surface area contributed by atoms with E-state index in [9.17, 15) is 4.79 Å². The lowest BCUT2D eigenvalue weighted by molar-refractivity contribution is -0.116. The Bertz CT molecular complexity index is 530. The summed E-state index contributed by atoms with van der Waals surface area (Å²) in [6.07, 6.45) is 1.55. The standard InChI is InChI=1S/C11H9Cl3N4O/c1-6-2-3-8(17-5-6)18-10(19)7(4-15)9(16)11(12,13)14/h2-3,5,7,16H,1H3,(H,17,18,19). The number of nitrogens with zero attached hydrogens (tertiary/aromatic N) is 2. The number of nitrogens with one attached hydrogen (secondary N) is 2. The summed E-state index contributed by atoms with van der Waals surface area (Å²) in [4.78, 5) is 15.8. The first kappa shape index (κ1) is 15.7. The molecule has 1 heterocycles. The number of hydrogen-bond acceptors (Lipinski definition) is 4. The van der Waals surface area contributed by atoms with Gasteiger partial charge in [-0.2, -0.15) is 5.26 Å². The van der Waals surface area contributed by atoms with Crippen LogP contribution in [0.15, 0.2) is 18.3 Å². The summed E-state index contributed by atoms with van der Waals surface area (Å²) >= 11 is 16.5. The minimum absolute atomic E-state index is 0.257. The van der Waals surface area contributed by atoms with Crippen molar-refractivity contribution in [1.82, 2.24) is 4.98 Å². The normalized spacial score (nSPS) is 12.4. The monoisotopic (exact) mass is 318 g/mol. The number of nitriles is 1. The molecular weight excluding hydrogens is 311 g/mol. The number of hydrogen-bond donors (Lipinski definition) is 2.